The Labute approximate surface area is 122 Å². The summed E-state index contributed by atoms with van der Waals surface area (Å²) >= 11 is 0. The number of para-hydroxylation sites is 1. The van der Waals surface area contributed by atoms with Crippen LogP contribution in [0.25, 0.3) is 11.6 Å². The summed E-state index contributed by atoms with van der Waals surface area (Å²) in [6.45, 7) is 0.693. The van der Waals surface area contributed by atoms with Gasteiger partial charge in [0.25, 0.3) is 0 Å². The molecule has 5 nitrogen and oxygen atoms in total. The van der Waals surface area contributed by atoms with Gasteiger partial charge in [0, 0.05) is 5.92 Å². The molecule has 106 valence electrons. The van der Waals surface area contributed by atoms with Crippen molar-refractivity contribution in [1.82, 2.24) is 15.2 Å². The minimum atomic E-state index is 0.282. The van der Waals surface area contributed by atoms with Crippen LogP contribution in [-0.2, 0) is 6.42 Å². The highest BCUT2D eigenvalue weighted by molar-refractivity contribution is 5.45. The van der Waals surface area contributed by atoms with Crippen LogP contribution >= 0.6 is 0 Å². The summed E-state index contributed by atoms with van der Waals surface area (Å²) in [7, 11) is 0. The topological polar surface area (TPSA) is 63.9 Å². The van der Waals surface area contributed by atoms with Crippen molar-refractivity contribution < 1.29 is 9.15 Å². The molecule has 1 aliphatic heterocycles. The van der Waals surface area contributed by atoms with Crippen molar-refractivity contribution >= 4 is 0 Å². The molecule has 0 bridgehead atoms. The predicted octanol–water partition coefficient (Wildman–Crippen LogP) is 3.17. The van der Waals surface area contributed by atoms with E-state index >= 15 is 0 Å². The molecule has 0 amide bonds. The SMILES string of the molecule is c1coc(-c2n[nH]c(C3CCOc4ccccc4C3)n2)c1. The van der Waals surface area contributed by atoms with E-state index in [2.05, 4.69) is 21.2 Å². The Balaban J connectivity index is 1.62. The molecule has 1 N–H and O–H groups in total. The van der Waals surface area contributed by atoms with Crippen molar-refractivity contribution in [3.05, 3.63) is 54.0 Å². The highest BCUT2D eigenvalue weighted by Gasteiger charge is 2.22. The number of nitrogens with one attached hydrogen (secondary N) is 1. The highest BCUT2D eigenvalue weighted by Crippen LogP contribution is 2.31. The van der Waals surface area contributed by atoms with Gasteiger partial charge in [0.2, 0.25) is 5.82 Å². The first-order valence-corrected chi connectivity index (χ1v) is 7.07. The smallest absolute Gasteiger partial charge is 0.216 e. The predicted molar refractivity (Wildman–Crippen MR) is 77.1 cm³/mol. The number of furan rings is 1. The number of hydrogen-bond donors (Lipinski definition) is 1. The fourth-order valence-electron chi connectivity index (χ4n) is 2.70. The third-order valence-corrected chi connectivity index (χ3v) is 3.79. The molecule has 0 fully saturated rings. The normalized spacial score (nSPS) is 17.8. The molecule has 3 aromatic rings. The second-order valence-electron chi connectivity index (χ2n) is 5.17. The molecule has 2 aromatic heterocycles. The third-order valence-electron chi connectivity index (χ3n) is 3.79. The van der Waals surface area contributed by atoms with Crippen LogP contribution in [0, 0.1) is 0 Å². The number of hydrogen-bond acceptors (Lipinski definition) is 4. The molecular formula is C16H15N3O2. The van der Waals surface area contributed by atoms with Crippen LogP contribution in [0.2, 0.25) is 0 Å². The zero-order valence-electron chi connectivity index (χ0n) is 11.5. The number of nitrogens with zero attached hydrogens (tertiary/aromatic N) is 2. The summed E-state index contributed by atoms with van der Waals surface area (Å²) in [6, 6.07) is 11.9. The van der Waals surface area contributed by atoms with Crippen molar-refractivity contribution in [2.75, 3.05) is 6.61 Å². The molecule has 1 aliphatic rings. The van der Waals surface area contributed by atoms with Gasteiger partial charge < -0.3 is 9.15 Å². The zero-order valence-corrected chi connectivity index (χ0v) is 11.5. The van der Waals surface area contributed by atoms with E-state index in [0.717, 1.165) is 24.4 Å². The first-order chi connectivity index (χ1) is 10.4. The minimum Gasteiger partial charge on any atom is -0.493 e. The van der Waals surface area contributed by atoms with E-state index in [1.54, 1.807) is 6.26 Å². The summed E-state index contributed by atoms with van der Waals surface area (Å²) < 4.78 is 11.1. The van der Waals surface area contributed by atoms with Gasteiger partial charge >= 0.3 is 0 Å². The molecule has 0 aliphatic carbocycles. The maximum absolute atomic E-state index is 5.80. The van der Waals surface area contributed by atoms with Gasteiger partial charge in [-0.15, -0.1) is 0 Å². The van der Waals surface area contributed by atoms with Crippen LogP contribution in [0.15, 0.2) is 47.1 Å². The average molecular weight is 281 g/mol. The van der Waals surface area contributed by atoms with Crippen LogP contribution in [-0.4, -0.2) is 21.8 Å². The van der Waals surface area contributed by atoms with Gasteiger partial charge in [-0.25, -0.2) is 4.98 Å². The molecule has 1 aromatic carbocycles. The van der Waals surface area contributed by atoms with E-state index in [-0.39, 0.29) is 5.92 Å². The summed E-state index contributed by atoms with van der Waals surface area (Å²) in [5.74, 6) is 3.44. The Hall–Kier alpha value is -2.56. The molecule has 3 heterocycles. The van der Waals surface area contributed by atoms with Gasteiger partial charge in [0.05, 0.1) is 12.9 Å². The van der Waals surface area contributed by atoms with E-state index < -0.39 is 0 Å². The van der Waals surface area contributed by atoms with E-state index in [4.69, 9.17) is 9.15 Å². The van der Waals surface area contributed by atoms with E-state index in [0.29, 0.717) is 18.2 Å². The molecule has 1 unspecified atom stereocenters. The van der Waals surface area contributed by atoms with Gasteiger partial charge in [-0.05, 0) is 36.6 Å². The molecule has 1 atom stereocenters. The standard InChI is InChI=1S/C16H15N3O2/c1-2-5-13-11(4-1)10-12(7-9-21-13)15-17-16(19-18-15)14-6-3-8-20-14/h1-6,8,12H,7,9-10H2,(H,17,18,19). The van der Waals surface area contributed by atoms with Crippen molar-refractivity contribution in [2.24, 2.45) is 0 Å². The number of fused-ring (bicyclic) bond motifs is 1. The minimum absolute atomic E-state index is 0.282. The summed E-state index contributed by atoms with van der Waals surface area (Å²) in [5.41, 5.74) is 1.22. The first-order valence-electron chi connectivity index (χ1n) is 7.07. The molecular weight excluding hydrogens is 266 g/mol. The van der Waals surface area contributed by atoms with E-state index in [9.17, 15) is 0 Å². The Morgan fingerprint density at radius 1 is 1.14 bits per heavy atom. The Morgan fingerprint density at radius 2 is 2.10 bits per heavy atom. The van der Waals surface area contributed by atoms with E-state index in [1.807, 2.05) is 30.3 Å². The van der Waals surface area contributed by atoms with E-state index in [1.165, 1.54) is 5.56 Å². The zero-order chi connectivity index (χ0) is 14.1. The average Bonchev–Trinajstić information content (AvgIpc) is 3.14. The lowest BCUT2D eigenvalue weighted by Gasteiger charge is -2.09. The molecule has 0 saturated heterocycles. The van der Waals surface area contributed by atoms with Gasteiger partial charge in [0.15, 0.2) is 5.76 Å². The fourth-order valence-corrected chi connectivity index (χ4v) is 2.70. The van der Waals surface area contributed by atoms with Gasteiger partial charge in [0.1, 0.15) is 11.6 Å². The Kier molecular flexibility index (Phi) is 2.96. The molecule has 0 spiro atoms. The highest BCUT2D eigenvalue weighted by atomic mass is 16.5. The molecule has 0 radical (unpaired) electrons. The molecule has 5 heteroatoms. The number of H-pyrrole nitrogens is 1. The van der Waals surface area contributed by atoms with Crippen LogP contribution in [0.1, 0.15) is 23.7 Å². The summed E-state index contributed by atoms with van der Waals surface area (Å²) in [6.07, 6.45) is 3.45. The summed E-state index contributed by atoms with van der Waals surface area (Å²) in [5, 5.41) is 7.30. The lowest BCUT2D eigenvalue weighted by molar-refractivity contribution is 0.308. The summed E-state index contributed by atoms with van der Waals surface area (Å²) in [4.78, 5) is 4.58. The Bertz CT molecular complexity index is 734. The van der Waals surface area contributed by atoms with Crippen molar-refractivity contribution in [2.45, 2.75) is 18.8 Å². The maximum atomic E-state index is 5.80. The monoisotopic (exact) mass is 281 g/mol. The molecule has 21 heavy (non-hydrogen) atoms. The lowest BCUT2D eigenvalue weighted by atomic mass is 9.96. The number of ether oxygens (including phenoxy) is 1. The fraction of sp³-hybridized carbons (Fsp3) is 0.250. The number of benzene rings is 1. The van der Waals surface area contributed by atoms with Gasteiger partial charge in [-0.2, -0.15) is 5.10 Å². The van der Waals surface area contributed by atoms with Crippen LogP contribution in [0.3, 0.4) is 0 Å². The van der Waals surface area contributed by atoms with Crippen LogP contribution < -0.4 is 4.74 Å². The van der Waals surface area contributed by atoms with Crippen molar-refractivity contribution in [3.63, 3.8) is 0 Å². The third kappa shape index (κ3) is 2.31. The van der Waals surface area contributed by atoms with Gasteiger partial charge in [-0.1, -0.05) is 18.2 Å². The largest absolute Gasteiger partial charge is 0.493 e. The molecule has 0 saturated carbocycles. The number of aromatic nitrogens is 3. The van der Waals surface area contributed by atoms with Gasteiger partial charge in [-0.3, -0.25) is 5.10 Å². The number of rotatable bonds is 2. The quantitative estimate of drug-likeness (QED) is 0.783. The lowest BCUT2D eigenvalue weighted by Crippen LogP contribution is -2.06. The Morgan fingerprint density at radius 3 is 3.00 bits per heavy atom. The number of aromatic amines is 1. The van der Waals surface area contributed by atoms with Crippen molar-refractivity contribution in [1.29, 1.82) is 0 Å². The first kappa shape index (κ1) is 12.2. The molecule has 4 rings (SSSR count). The van der Waals surface area contributed by atoms with Crippen LogP contribution in [0.4, 0.5) is 0 Å². The van der Waals surface area contributed by atoms with Crippen LogP contribution in [0.5, 0.6) is 5.75 Å². The maximum Gasteiger partial charge on any atom is 0.216 e. The second kappa shape index (κ2) is 5.09. The van der Waals surface area contributed by atoms with Crippen molar-refractivity contribution in [3.8, 4) is 17.3 Å². The second-order valence-corrected chi connectivity index (χ2v) is 5.17.